The van der Waals surface area contributed by atoms with Gasteiger partial charge in [0.15, 0.2) is 0 Å². The molecule has 0 aliphatic rings. The number of aryl methyl sites for hydroxylation is 1. The number of rotatable bonds is 6. The van der Waals surface area contributed by atoms with Gasteiger partial charge in [0.1, 0.15) is 16.3 Å². The molecule has 0 aliphatic heterocycles. The van der Waals surface area contributed by atoms with Gasteiger partial charge in [-0.15, -0.1) is 0 Å². The Labute approximate surface area is 175 Å². The van der Waals surface area contributed by atoms with Crippen LogP contribution in [0.3, 0.4) is 0 Å². The summed E-state index contributed by atoms with van der Waals surface area (Å²) in [6, 6.07) is 12.0. The van der Waals surface area contributed by atoms with E-state index in [1.165, 1.54) is 27.3 Å². The number of nitrogens with zero attached hydrogens (tertiary/aromatic N) is 2. The first-order chi connectivity index (χ1) is 14.1. The molecule has 2 aromatic carbocycles. The van der Waals surface area contributed by atoms with Crippen molar-refractivity contribution in [3.8, 4) is 17.0 Å². The molecule has 0 radical (unpaired) electrons. The van der Waals surface area contributed by atoms with Gasteiger partial charge in [0, 0.05) is 25.3 Å². The maximum absolute atomic E-state index is 12.6. The molecule has 0 fully saturated rings. The Kier molecular flexibility index (Phi) is 5.95. The molecular weight excluding hydrogens is 404 g/mol. The van der Waals surface area contributed by atoms with Crippen LogP contribution in [0, 0.1) is 13.8 Å². The van der Waals surface area contributed by atoms with Gasteiger partial charge in [-0.1, -0.05) is 12.1 Å². The maximum Gasteiger partial charge on any atom is 0.273 e. The van der Waals surface area contributed by atoms with Crippen LogP contribution in [0.2, 0.25) is 0 Å². The van der Waals surface area contributed by atoms with Crippen LogP contribution >= 0.6 is 0 Å². The highest BCUT2D eigenvalue weighted by Gasteiger charge is 2.23. The van der Waals surface area contributed by atoms with Gasteiger partial charge in [0.05, 0.1) is 12.8 Å². The highest BCUT2D eigenvalue weighted by atomic mass is 32.2. The fourth-order valence-corrected chi connectivity index (χ4v) is 3.97. The van der Waals surface area contributed by atoms with E-state index in [-0.39, 0.29) is 22.2 Å². The third-order valence-corrected chi connectivity index (χ3v) is 6.73. The van der Waals surface area contributed by atoms with E-state index in [0.717, 1.165) is 21.1 Å². The minimum absolute atomic E-state index is 0.0249. The van der Waals surface area contributed by atoms with Crippen LogP contribution in [-0.2, 0) is 10.0 Å². The summed E-state index contributed by atoms with van der Waals surface area (Å²) in [5.41, 5.74) is 4.03. The second-order valence-corrected chi connectivity index (χ2v) is 9.14. The second-order valence-electron chi connectivity index (χ2n) is 7.02. The van der Waals surface area contributed by atoms with Gasteiger partial charge in [-0.3, -0.25) is 9.89 Å². The van der Waals surface area contributed by atoms with Crippen LogP contribution in [0.15, 0.2) is 47.4 Å². The summed E-state index contributed by atoms with van der Waals surface area (Å²) in [6.45, 7) is 3.91. The van der Waals surface area contributed by atoms with Gasteiger partial charge in [-0.05, 0) is 55.3 Å². The zero-order chi connectivity index (χ0) is 22.1. The molecule has 30 heavy (non-hydrogen) atoms. The third kappa shape index (κ3) is 4.07. The summed E-state index contributed by atoms with van der Waals surface area (Å²) in [5.74, 6) is -0.104. The Hall–Kier alpha value is -3.17. The van der Waals surface area contributed by atoms with E-state index in [9.17, 15) is 13.2 Å². The Morgan fingerprint density at radius 1 is 1.13 bits per heavy atom. The number of sulfonamides is 1. The first-order valence-corrected chi connectivity index (χ1v) is 10.6. The molecule has 1 heterocycles. The smallest absolute Gasteiger partial charge is 0.273 e. The fraction of sp³-hybridized carbons (Fsp3) is 0.238. The van der Waals surface area contributed by atoms with Gasteiger partial charge in [-0.25, -0.2) is 12.7 Å². The predicted molar refractivity (Wildman–Crippen MR) is 115 cm³/mol. The van der Waals surface area contributed by atoms with Gasteiger partial charge in [0.2, 0.25) is 10.0 Å². The number of hydrogen-bond acceptors (Lipinski definition) is 5. The zero-order valence-corrected chi connectivity index (χ0v) is 18.3. The normalized spacial score (nSPS) is 11.5. The van der Waals surface area contributed by atoms with Crippen molar-refractivity contribution in [2.24, 2.45) is 0 Å². The lowest BCUT2D eigenvalue weighted by molar-refractivity contribution is 0.102. The van der Waals surface area contributed by atoms with Crippen LogP contribution in [0.5, 0.6) is 5.75 Å². The Morgan fingerprint density at radius 2 is 1.87 bits per heavy atom. The number of ether oxygens (including phenoxy) is 1. The molecule has 1 aromatic heterocycles. The molecule has 0 saturated carbocycles. The first kappa shape index (κ1) is 21.5. The molecular formula is C21H24N4O4S. The zero-order valence-electron chi connectivity index (χ0n) is 17.5. The number of methoxy groups -OCH3 is 1. The molecule has 0 bridgehead atoms. The van der Waals surface area contributed by atoms with Gasteiger partial charge < -0.3 is 10.1 Å². The van der Waals surface area contributed by atoms with Crippen LogP contribution < -0.4 is 10.1 Å². The number of nitrogens with one attached hydrogen (secondary N) is 2. The molecule has 1 amide bonds. The molecule has 0 unspecified atom stereocenters. The molecule has 3 rings (SSSR count). The van der Waals surface area contributed by atoms with E-state index in [1.54, 1.807) is 18.2 Å². The van der Waals surface area contributed by atoms with E-state index in [0.29, 0.717) is 11.3 Å². The lowest BCUT2D eigenvalue weighted by atomic mass is 10.1. The van der Waals surface area contributed by atoms with E-state index >= 15 is 0 Å². The number of aromatic amines is 1. The second kappa shape index (κ2) is 8.29. The van der Waals surface area contributed by atoms with Crippen molar-refractivity contribution in [1.82, 2.24) is 14.5 Å². The van der Waals surface area contributed by atoms with Crippen molar-refractivity contribution < 1.29 is 17.9 Å². The molecule has 0 saturated heterocycles. The SMILES string of the molecule is COc1ccc(-c2cc(C(=O)Nc3cccc(C)c3C)[nH]n2)cc1S(=O)(=O)N(C)C. The largest absolute Gasteiger partial charge is 0.495 e. The highest BCUT2D eigenvalue weighted by Crippen LogP contribution is 2.31. The fourth-order valence-electron chi connectivity index (χ4n) is 2.90. The number of anilines is 1. The molecule has 9 heteroatoms. The average Bonchev–Trinajstić information content (AvgIpc) is 3.21. The Balaban J connectivity index is 1.92. The van der Waals surface area contributed by atoms with Crippen molar-refractivity contribution in [3.05, 3.63) is 59.3 Å². The third-order valence-electron chi connectivity index (χ3n) is 4.89. The van der Waals surface area contributed by atoms with E-state index in [2.05, 4.69) is 15.5 Å². The number of carbonyl (C=O) groups excluding carboxylic acids is 1. The van der Waals surface area contributed by atoms with Crippen molar-refractivity contribution in [1.29, 1.82) is 0 Å². The molecule has 8 nitrogen and oxygen atoms in total. The van der Waals surface area contributed by atoms with Crippen LogP contribution in [0.1, 0.15) is 21.6 Å². The van der Waals surface area contributed by atoms with Crippen molar-refractivity contribution in [3.63, 3.8) is 0 Å². The van der Waals surface area contributed by atoms with E-state index in [4.69, 9.17) is 4.74 Å². The summed E-state index contributed by atoms with van der Waals surface area (Å²) in [7, 11) is 0.593. The minimum Gasteiger partial charge on any atom is -0.495 e. The summed E-state index contributed by atoms with van der Waals surface area (Å²) >= 11 is 0. The molecule has 158 valence electrons. The minimum atomic E-state index is -3.72. The molecule has 2 N–H and O–H groups in total. The van der Waals surface area contributed by atoms with Gasteiger partial charge in [0.25, 0.3) is 5.91 Å². The number of H-pyrrole nitrogens is 1. The number of benzene rings is 2. The van der Waals surface area contributed by atoms with Crippen LogP contribution in [-0.4, -0.2) is 50.0 Å². The number of carbonyl (C=O) groups is 1. The summed E-state index contributed by atoms with van der Waals surface area (Å²) in [6.07, 6.45) is 0. The highest BCUT2D eigenvalue weighted by molar-refractivity contribution is 7.89. The van der Waals surface area contributed by atoms with Crippen LogP contribution in [0.4, 0.5) is 5.69 Å². The Bertz CT molecular complexity index is 1200. The summed E-state index contributed by atoms with van der Waals surface area (Å²) in [4.78, 5) is 12.7. The monoisotopic (exact) mass is 428 g/mol. The van der Waals surface area contributed by atoms with Crippen molar-refractivity contribution in [2.75, 3.05) is 26.5 Å². The van der Waals surface area contributed by atoms with Crippen molar-refractivity contribution >= 4 is 21.6 Å². The quantitative estimate of drug-likeness (QED) is 0.627. The standard InChI is InChI=1S/C21H24N4O4S/c1-13-7-6-8-16(14(13)2)22-21(26)18-12-17(23-24-18)15-9-10-19(29-5)20(11-15)30(27,28)25(3)4/h6-12H,1-5H3,(H,22,26)(H,23,24). The van der Waals surface area contributed by atoms with Gasteiger partial charge >= 0.3 is 0 Å². The summed E-state index contributed by atoms with van der Waals surface area (Å²) in [5, 5.41) is 9.76. The first-order valence-electron chi connectivity index (χ1n) is 9.19. The van der Waals surface area contributed by atoms with E-state index < -0.39 is 10.0 Å². The van der Waals surface area contributed by atoms with Crippen LogP contribution in [0.25, 0.3) is 11.3 Å². The number of aromatic nitrogens is 2. The topological polar surface area (TPSA) is 104 Å². The average molecular weight is 429 g/mol. The lowest BCUT2D eigenvalue weighted by Crippen LogP contribution is -2.22. The predicted octanol–water partition coefficient (Wildman–Crippen LogP) is 3.20. The molecule has 3 aromatic rings. The number of hydrogen-bond donors (Lipinski definition) is 2. The Morgan fingerprint density at radius 3 is 2.53 bits per heavy atom. The van der Waals surface area contributed by atoms with Crippen molar-refractivity contribution in [2.45, 2.75) is 18.7 Å². The summed E-state index contributed by atoms with van der Waals surface area (Å²) < 4.78 is 31.6. The maximum atomic E-state index is 12.6. The molecule has 0 atom stereocenters. The molecule has 0 spiro atoms. The lowest BCUT2D eigenvalue weighted by Gasteiger charge is -2.15. The van der Waals surface area contributed by atoms with Gasteiger partial charge in [-0.2, -0.15) is 5.10 Å². The number of amides is 1. The molecule has 0 aliphatic carbocycles. The van der Waals surface area contributed by atoms with E-state index in [1.807, 2.05) is 32.0 Å².